The molecule has 1 aliphatic heterocycles. The van der Waals surface area contributed by atoms with Crippen molar-refractivity contribution < 1.29 is 4.74 Å². The quantitative estimate of drug-likeness (QED) is 0.662. The normalized spacial score (nSPS) is 18.2. The maximum atomic E-state index is 5.26. The van der Waals surface area contributed by atoms with Crippen LogP contribution in [0.5, 0.6) is 0 Å². The second kappa shape index (κ2) is 7.92. The van der Waals surface area contributed by atoms with Crippen LogP contribution in [0.4, 0.5) is 0 Å². The molecule has 0 spiro atoms. The summed E-state index contributed by atoms with van der Waals surface area (Å²) in [6.07, 6.45) is 8.35. The Morgan fingerprint density at radius 3 is 3.12 bits per heavy atom. The fourth-order valence-electron chi connectivity index (χ4n) is 3.02. The highest BCUT2D eigenvalue weighted by Gasteiger charge is 2.24. The minimum absolute atomic E-state index is 0.585. The van der Waals surface area contributed by atoms with Crippen molar-refractivity contribution in [3.05, 3.63) is 42.6 Å². The molecule has 2 aromatic heterocycles. The van der Waals surface area contributed by atoms with Crippen molar-refractivity contribution in [2.24, 2.45) is 10.9 Å². The maximum absolute atomic E-state index is 5.26. The molecule has 0 aliphatic carbocycles. The Kier molecular flexibility index (Phi) is 5.43. The van der Waals surface area contributed by atoms with E-state index in [1.807, 2.05) is 30.1 Å². The topological polar surface area (TPSA) is 67.6 Å². The van der Waals surface area contributed by atoms with Gasteiger partial charge in [0.2, 0.25) is 0 Å². The minimum atomic E-state index is 0.585. The first kappa shape index (κ1) is 16.4. The molecule has 1 aliphatic rings. The highest BCUT2D eigenvalue weighted by molar-refractivity contribution is 5.80. The average Bonchev–Trinajstić information content (AvgIpc) is 3.28. The Bertz CT molecular complexity index is 669. The number of guanidine groups is 1. The molecule has 3 heterocycles. The van der Waals surface area contributed by atoms with Gasteiger partial charge in [0, 0.05) is 58.3 Å². The molecular weight excluding hydrogens is 304 g/mol. The van der Waals surface area contributed by atoms with E-state index < -0.39 is 0 Å². The Labute approximate surface area is 142 Å². The summed E-state index contributed by atoms with van der Waals surface area (Å²) in [4.78, 5) is 15.1. The van der Waals surface area contributed by atoms with Gasteiger partial charge in [-0.1, -0.05) is 0 Å². The molecule has 0 amide bonds. The third-order valence-electron chi connectivity index (χ3n) is 4.23. The van der Waals surface area contributed by atoms with Gasteiger partial charge >= 0.3 is 0 Å². The van der Waals surface area contributed by atoms with Gasteiger partial charge in [-0.2, -0.15) is 0 Å². The summed E-state index contributed by atoms with van der Waals surface area (Å²) < 4.78 is 7.16. The number of methoxy groups -OCH3 is 1. The molecule has 0 aromatic carbocycles. The second-order valence-corrected chi connectivity index (χ2v) is 5.95. The van der Waals surface area contributed by atoms with E-state index >= 15 is 0 Å². The van der Waals surface area contributed by atoms with Crippen LogP contribution >= 0.6 is 0 Å². The Balaban J connectivity index is 1.59. The van der Waals surface area contributed by atoms with Crippen molar-refractivity contribution in [2.75, 3.05) is 33.9 Å². The van der Waals surface area contributed by atoms with Gasteiger partial charge in [0.25, 0.3) is 0 Å². The van der Waals surface area contributed by atoms with Crippen LogP contribution in [0, 0.1) is 5.92 Å². The summed E-state index contributed by atoms with van der Waals surface area (Å²) in [5.41, 5.74) is 1.16. The number of pyridine rings is 1. The SMILES string of the molecule is CN=C(NCc1ccnc(-n2ccnc2)c1)N1CCC(COC)C1. The number of imidazole rings is 1. The molecule has 128 valence electrons. The van der Waals surface area contributed by atoms with E-state index in [0.717, 1.165) is 43.5 Å². The second-order valence-electron chi connectivity index (χ2n) is 5.95. The summed E-state index contributed by atoms with van der Waals surface area (Å²) in [6.45, 7) is 3.53. The lowest BCUT2D eigenvalue weighted by Crippen LogP contribution is -2.39. The van der Waals surface area contributed by atoms with Crippen LogP contribution in [0.15, 0.2) is 42.0 Å². The maximum Gasteiger partial charge on any atom is 0.193 e. The summed E-state index contributed by atoms with van der Waals surface area (Å²) in [5.74, 6) is 2.39. The molecule has 7 nitrogen and oxygen atoms in total. The highest BCUT2D eigenvalue weighted by Crippen LogP contribution is 2.16. The smallest absolute Gasteiger partial charge is 0.193 e. The van der Waals surface area contributed by atoms with Crippen molar-refractivity contribution in [1.82, 2.24) is 24.8 Å². The number of hydrogen-bond acceptors (Lipinski definition) is 4. The number of likely N-dealkylation sites (tertiary alicyclic amines) is 1. The first-order valence-corrected chi connectivity index (χ1v) is 8.18. The van der Waals surface area contributed by atoms with Gasteiger partial charge in [0.15, 0.2) is 5.96 Å². The van der Waals surface area contributed by atoms with Crippen molar-refractivity contribution >= 4 is 5.96 Å². The number of hydrogen-bond donors (Lipinski definition) is 1. The van der Waals surface area contributed by atoms with E-state index in [2.05, 4.69) is 31.2 Å². The van der Waals surface area contributed by atoms with Crippen molar-refractivity contribution in [3.8, 4) is 5.82 Å². The van der Waals surface area contributed by atoms with Crippen LogP contribution in [0.2, 0.25) is 0 Å². The summed E-state index contributed by atoms with van der Waals surface area (Å²) >= 11 is 0. The molecule has 0 saturated carbocycles. The zero-order valence-corrected chi connectivity index (χ0v) is 14.2. The number of aromatic nitrogens is 3. The standard InChI is InChI=1S/C17H24N6O/c1-18-17(22-7-4-15(11-22)12-24-2)21-10-14-3-5-20-16(9-14)23-8-6-19-13-23/h3,5-6,8-9,13,15H,4,7,10-12H2,1-2H3,(H,18,21). The van der Waals surface area contributed by atoms with Crippen LogP contribution in [0.1, 0.15) is 12.0 Å². The van der Waals surface area contributed by atoms with E-state index in [-0.39, 0.29) is 0 Å². The molecule has 1 saturated heterocycles. The molecule has 0 bridgehead atoms. The Morgan fingerprint density at radius 2 is 2.38 bits per heavy atom. The molecule has 2 aromatic rings. The first-order chi connectivity index (χ1) is 11.8. The number of aliphatic imine (C=N–C) groups is 1. The third-order valence-corrected chi connectivity index (χ3v) is 4.23. The minimum Gasteiger partial charge on any atom is -0.384 e. The van der Waals surface area contributed by atoms with Gasteiger partial charge in [0.05, 0.1) is 6.61 Å². The number of nitrogens with zero attached hydrogens (tertiary/aromatic N) is 5. The summed E-state index contributed by atoms with van der Waals surface area (Å²) in [6, 6.07) is 4.07. The average molecular weight is 328 g/mol. The van der Waals surface area contributed by atoms with Gasteiger partial charge in [-0.3, -0.25) is 9.56 Å². The number of rotatable bonds is 5. The van der Waals surface area contributed by atoms with Gasteiger partial charge < -0.3 is 15.0 Å². The van der Waals surface area contributed by atoms with Crippen molar-refractivity contribution in [3.63, 3.8) is 0 Å². The first-order valence-electron chi connectivity index (χ1n) is 8.18. The highest BCUT2D eigenvalue weighted by atomic mass is 16.5. The summed E-state index contributed by atoms with van der Waals surface area (Å²) in [5, 5.41) is 3.45. The zero-order chi connectivity index (χ0) is 16.8. The van der Waals surface area contributed by atoms with Crippen LogP contribution in [0.25, 0.3) is 5.82 Å². The zero-order valence-electron chi connectivity index (χ0n) is 14.2. The lowest BCUT2D eigenvalue weighted by Gasteiger charge is -2.21. The van der Waals surface area contributed by atoms with Gasteiger partial charge in [0.1, 0.15) is 12.1 Å². The molecule has 1 fully saturated rings. The van der Waals surface area contributed by atoms with Gasteiger partial charge in [-0.25, -0.2) is 9.97 Å². The van der Waals surface area contributed by atoms with E-state index in [4.69, 9.17) is 4.74 Å². The van der Waals surface area contributed by atoms with Gasteiger partial charge in [-0.15, -0.1) is 0 Å². The van der Waals surface area contributed by atoms with E-state index in [0.29, 0.717) is 12.5 Å². The predicted octanol–water partition coefficient (Wildman–Crippen LogP) is 1.31. The van der Waals surface area contributed by atoms with E-state index in [9.17, 15) is 0 Å². The third kappa shape index (κ3) is 3.91. The number of nitrogens with one attached hydrogen (secondary N) is 1. The fraction of sp³-hybridized carbons (Fsp3) is 0.471. The van der Waals surface area contributed by atoms with Crippen LogP contribution in [0.3, 0.4) is 0 Å². The van der Waals surface area contributed by atoms with E-state index in [1.54, 1.807) is 19.6 Å². The summed E-state index contributed by atoms with van der Waals surface area (Å²) in [7, 11) is 3.59. The molecule has 1 atom stereocenters. The van der Waals surface area contributed by atoms with Crippen LogP contribution < -0.4 is 5.32 Å². The van der Waals surface area contributed by atoms with Crippen LogP contribution in [-0.2, 0) is 11.3 Å². The Hall–Kier alpha value is -2.41. The molecule has 1 unspecified atom stereocenters. The molecule has 3 rings (SSSR count). The van der Waals surface area contributed by atoms with Crippen molar-refractivity contribution in [1.29, 1.82) is 0 Å². The molecular formula is C17H24N6O. The molecule has 7 heteroatoms. The van der Waals surface area contributed by atoms with Crippen molar-refractivity contribution in [2.45, 2.75) is 13.0 Å². The van der Waals surface area contributed by atoms with E-state index in [1.165, 1.54) is 0 Å². The van der Waals surface area contributed by atoms with Gasteiger partial charge in [-0.05, 0) is 24.1 Å². The fourth-order valence-corrected chi connectivity index (χ4v) is 3.02. The largest absolute Gasteiger partial charge is 0.384 e. The molecule has 24 heavy (non-hydrogen) atoms. The predicted molar refractivity (Wildman–Crippen MR) is 93.1 cm³/mol. The van der Waals surface area contributed by atoms with Crippen LogP contribution in [-0.4, -0.2) is 59.2 Å². The lowest BCUT2D eigenvalue weighted by atomic mass is 10.1. The monoisotopic (exact) mass is 328 g/mol. The Morgan fingerprint density at radius 1 is 1.46 bits per heavy atom. The molecule has 0 radical (unpaired) electrons. The molecule has 1 N–H and O–H groups in total. The number of ether oxygens (including phenoxy) is 1. The lowest BCUT2D eigenvalue weighted by molar-refractivity contribution is 0.157.